The van der Waals surface area contributed by atoms with Crippen LogP contribution in [0.15, 0.2) is 27.1 Å². The Morgan fingerprint density at radius 2 is 1.87 bits per heavy atom. The normalized spacial score (nSPS) is 9.47. The van der Waals surface area contributed by atoms with Crippen molar-refractivity contribution in [2.75, 3.05) is 5.32 Å². The number of hydrogen-bond donors (Lipinski definition) is 4. The van der Waals surface area contributed by atoms with Gasteiger partial charge < -0.3 is 16.4 Å². The van der Waals surface area contributed by atoms with E-state index >= 15 is 0 Å². The Morgan fingerprint density at radius 3 is 2.33 bits per heavy atom. The standard InChI is InChI=1S/C8H8Br2N4S/c9-4-2-1-3-5(10)6(4)13-8(15)14-7(11)12/h1-3H,(H5,11,12,13,14,15). The third kappa shape index (κ3) is 3.77. The first-order chi connectivity index (χ1) is 7.00. The second-order valence-corrected chi connectivity index (χ2v) is 4.71. The summed E-state index contributed by atoms with van der Waals surface area (Å²) in [5, 5.41) is 12.7. The summed E-state index contributed by atoms with van der Waals surface area (Å²) in [5.41, 5.74) is 5.93. The maximum Gasteiger partial charge on any atom is 0.192 e. The largest absolute Gasteiger partial charge is 0.370 e. The quantitative estimate of drug-likeness (QED) is 0.356. The van der Waals surface area contributed by atoms with Crippen LogP contribution in [0.1, 0.15) is 0 Å². The highest BCUT2D eigenvalue weighted by molar-refractivity contribution is 9.11. The number of halogens is 2. The molecule has 7 heteroatoms. The van der Waals surface area contributed by atoms with Crippen molar-refractivity contribution >= 4 is 60.8 Å². The van der Waals surface area contributed by atoms with E-state index in [9.17, 15) is 0 Å². The van der Waals surface area contributed by atoms with Gasteiger partial charge >= 0.3 is 0 Å². The molecule has 0 radical (unpaired) electrons. The fourth-order valence-corrected chi connectivity index (χ4v) is 2.29. The van der Waals surface area contributed by atoms with Gasteiger partial charge in [0.15, 0.2) is 11.1 Å². The molecule has 0 spiro atoms. The molecule has 0 atom stereocenters. The van der Waals surface area contributed by atoms with Crippen LogP contribution in [0.2, 0.25) is 0 Å². The fraction of sp³-hybridized carbons (Fsp3) is 0. The number of hydrogen-bond acceptors (Lipinski definition) is 2. The Morgan fingerprint density at radius 1 is 1.33 bits per heavy atom. The van der Waals surface area contributed by atoms with Gasteiger partial charge in [0.05, 0.1) is 5.69 Å². The lowest BCUT2D eigenvalue weighted by molar-refractivity contribution is 1.26. The van der Waals surface area contributed by atoms with E-state index in [-0.39, 0.29) is 11.1 Å². The molecule has 0 fully saturated rings. The number of para-hydroxylation sites is 1. The smallest absolute Gasteiger partial charge is 0.192 e. The van der Waals surface area contributed by atoms with Crippen LogP contribution in [0.5, 0.6) is 0 Å². The Kier molecular flexibility index (Phi) is 4.49. The predicted octanol–water partition coefficient (Wildman–Crippen LogP) is 2.39. The predicted molar refractivity (Wildman–Crippen MR) is 73.1 cm³/mol. The minimum Gasteiger partial charge on any atom is -0.370 e. The van der Waals surface area contributed by atoms with E-state index in [4.69, 9.17) is 23.4 Å². The van der Waals surface area contributed by atoms with Gasteiger partial charge in [0, 0.05) is 8.95 Å². The van der Waals surface area contributed by atoms with Crippen molar-refractivity contribution in [3.8, 4) is 0 Å². The van der Waals surface area contributed by atoms with E-state index in [2.05, 4.69) is 42.5 Å². The molecule has 15 heavy (non-hydrogen) atoms. The molecular weight excluding hydrogens is 344 g/mol. The summed E-state index contributed by atoms with van der Waals surface area (Å²) in [4.78, 5) is 0. The lowest BCUT2D eigenvalue weighted by Crippen LogP contribution is -2.38. The Hall–Kier alpha value is -0.660. The number of thiocarbonyl (C=S) groups is 1. The zero-order chi connectivity index (χ0) is 11.4. The molecule has 0 amide bonds. The van der Waals surface area contributed by atoms with E-state index in [1.54, 1.807) is 0 Å². The molecule has 0 saturated heterocycles. The summed E-state index contributed by atoms with van der Waals surface area (Å²) in [6.45, 7) is 0. The minimum atomic E-state index is -0.198. The molecule has 5 N–H and O–H groups in total. The molecular formula is C8H8Br2N4S. The summed E-state index contributed by atoms with van der Waals surface area (Å²) in [6.07, 6.45) is 0. The second kappa shape index (κ2) is 5.43. The molecule has 0 aliphatic carbocycles. The lowest BCUT2D eigenvalue weighted by atomic mass is 10.3. The first kappa shape index (κ1) is 12.4. The van der Waals surface area contributed by atoms with E-state index in [0.717, 1.165) is 14.6 Å². The molecule has 0 aliphatic rings. The minimum absolute atomic E-state index is 0.198. The van der Waals surface area contributed by atoms with Gasteiger partial charge in [-0.1, -0.05) is 6.07 Å². The van der Waals surface area contributed by atoms with Crippen LogP contribution in [-0.4, -0.2) is 11.1 Å². The van der Waals surface area contributed by atoms with Crippen LogP contribution in [0.3, 0.4) is 0 Å². The lowest BCUT2D eigenvalue weighted by Gasteiger charge is -2.11. The number of nitrogens with two attached hydrogens (primary N) is 1. The fourth-order valence-electron chi connectivity index (χ4n) is 0.884. The van der Waals surface area contributed by atoms with Crippen LogP contribution in [0.25, 0.3) is 0 Å². The van der Waals surface area contributed by atoms with Gasteiger partial charge in [0.1, 0.15) is 0 Å². The zero-order valence-corrected chi connectivity index (χ0v) is 11.5. The SMILES string of the molecule is N=C(N)NC(=S)Nc1c(Br)cccc1Br. The summed E-state index contributed by atoms with van der Waals surface area (Å²) in [7, 11) is 0. The van der Waals surface area contributed by atoms with Gasteiger partial charge in [-0.2, -0.15) is 0 Å². The van der Waals surface area contributed by atoms with Crippen molar-refractivity contribution in [3.63, 3.8) is 0 Å². The number of anilines is 1. The van der Waals surface area contributed by atoms with E-state index in [0.29, 0.717) is 0 Å². The highest BCUT2D eigenvalue weighted by atomic mass is 79.9. The van der Waals surface area contributed by atoms with Crippen molar-refractivity contribution in [1.82, 2.24) is 5.32 Å². The number of rotatable bonds is 1. The number of benzene rings is 1. The van der Waals surface area contributed by atoms with Crippen LogP contribution >= 0.6 is 44.1 Å². The second-order valence-electron chi connectivity index (χ2n) is 2.59. The van der Waals surface area contributed by atoms with Gasteiger partial charge in [-0.25, -0.2) is 0 Å². The summed E-state index contributed by atoms with van der Waals surface area (Å²) >= 11 is 11.7. The molecule has 1 aromatic rings. The topological polar surface area (TPSA) is 73.9 Å². The van der Waals surface area contributed by atoms with Crippen molar-refractivity contribution in [1.29, 1.82) is 5.41 Å². The highest BCUT2D eigenvalue weighted by Crippen LogP contribution is 2.30. The van der Waals surface area contributed by atoms with Crippen molar-refractivity contribution in [2.45, 2.75) is 0 Å². The van der Waals surface area contributed by atoms with Gasteiger partial charge in [-0.15, -0.1) is 0 Å². The van der Waals surface area contributed by atoms with Gasteiger partial charge in [0.2, 0.25) is 0 Å². The Bertz CT molecular complexity index is 387. The maximum atomic E-state index is 7.01. The van der Waals surface area contributed by atoms with Crippen molar-refractivity contribution in [2.24, 2.45) is 5.73 Å². The van der Waals surface area contributed by atoms with E-state index in [1.807, 2.05) is 18.2 Å². The summed E-state index contributed by atoms with van der Waals surface area (Å²) in [5.74, 6) is -0.198. The average molecular weight is 352 g/mol. The molecule has 0 aromatic heterocycles. The molecule has 0 aliphatic heterocycles. The van der Waals surface area contributed by atoms with Gasteiger partial charge in [0.25, 0.3) is 0 Å². The summed E-state index contributed by atoms with van der Waals surface area (Å²) in [6, 6.07) is 5.65. The molecule has 80 valence electrons. The third-order valence-corrected chi connectivity index (χ3v) is 2.98. The van der Waals surface area contributed by atoms with Crippen LogP contribution in [0.4, 0.5) is 5.69 Å². The Labute approximate surface area is 109 Å². The molecule has 0 heterocycles. The van der Waals surface area contributed by atoms with Crippen molar-refractivity contribution < 1.29 is 0 Å². The molecule has 0 saturated carbocycles. The van der Waals surface area contributed by atoms with Gasteiger partial charge in [-0.05, 0) is 56.2 Å². The zero-order valence-electron chi connectivity index (χ0n) is 7.47. The molecule has 4 nitrogen and oxygen atoms in total. The monoisotopic (exact) mass is 350 g/mol. The maximum absolute atomic E-state index is 7.01. The van der Waals surface area contributed by atoms with Crippen LogP contribution < -0.4 is 16.4 Å². The average Bonchev–Trinajstić information content (AvgIpc) is 2.10. The van der Waals surface area contributed by atoms with E-state index < -0.39 is 0 Å². The number of guanidine groups is 1. The Balaban J connectivity index is 2.80. The third-order valence-electron chi connectivity index (χ3n) is 1.45. The first-order valence-corrected chi connectivity index (χ1v) is 5.86. The first-order valence-electron chi connectivity index (χ1n) is 3.86. The number of nitrogens with one attached hydrogen (secondary N) is 3. The molecule has 0 bridgehead atoms. The molecule has 0 unspecified atom stereocenters. The van der Waals surface area contributed by atoms with Crippen LogP contribution in [-0.2, 0) is 0 Å². The molecule has 1 aromatic carbocycles. The van der Waals surface area contributed by atoms with E-state index in [1.165, 1.54) is 0 Å². The highest BCUT2D eigenvalue weighted by Gasteiger charge is 2.06. The van der Waals surface area contributed by atoms with Crippen LogP contribution in [0, 0.1) is 5.41 Å². The van der Waals surface area contributed by atoms with Crippen molar-refractivity contribution in [3.05, 3.63) is 27.1 Å². The molecule has 1 rings (SSSR count). The van der Waals surface area contributed by atoms with Gasteiger partial charge in [-0.3, -0.25) is 5.41 Å². The summed E-state index contributed by atoms with van der Waals surface area (Å²) < 4.78 is 1.73.